The van der Waals surface area contributed by atoms with Crippen molar-refractivity contribution in [3.05, 3.63) is 18.3 Å². The Morgan fingerprint density at radius 3 is 2.77 bits per heavy atom. The molecule has 72 valence electrons. The van der Waals surface area contributed by atoms with Gasteiger partial charge in [0, 0.05) is 6.20 Å². The maximum absolute atomic E-state index is 11.3. The Bertz CT molecular complexity index is 389. The fourth-order valence-electron chi connectivity index (χ4n) is 0.826. The van der Waals surface area contributed by atoms with Gasteiger partial charge in [-0.15, -0.1) is 0 Å². The predicted octanol–water partition coefficient (Wildman–Crippen LogP) is -0.725. The number of hydrogen-bond donors (Lipinski definition) is 3. The molecular weight excluding hydrogens is 192 g/mol. The molecule has 1 rings (SSSR count). The van der Waals surface area contributed by atoms with Crippen LogP contribution in [0.3, 0.4) is 0 Å². The molecule has 0 saturated carbocycles. The first-order chi connectivity index (χ1) is 6.11. The lowest BCUT2D eigenvalue weighted by atomic mass is 10.5. The highest BCUT2D eigenvalue weighted by Crippen LogP contribution is 2.15. The summed E-state index contributed by atoms with van der Waals surface area (Å²) in [5.41, 5.74) is 2.21. The number of hydrogen-bond acceptors (Lipinski definition) is 5. The molecule has 1 aromatic heterocycles. The number of nitrogens with one attached hydrogen (secondary N) is 2. The van der Waals surface area contributed by atoms with Gasteiger partial charge in [0.2, 0.25) is 10.0 Å². The molecule has 1 aromatic rings. The summed E-state index contributed by atoms with van der Waals surface area (Å²) in [5, 5.41) is 0. The SMILES string of the molecule is CNS(=O)(=O)c1cccnc1NN. The summed E-state index contributed by atoms with van der Waals surface area (Å²) < 4.78 is 24.8. The average Bonchev–Trinajstić information content (AvgIpc) is 2.18. The van der Waals surface area contributed by atoms with E-state index >= 15 is 0 Å². The zero-order chi connectivity index (χ0) is 9.90. The first kappa shape index (κ1) is 9.90. The van der Waals surface area contributed by atoms with Gasteiger partial charge in [0.25, 0.3) is 0 Å². The van der Waals surface area contributed by atoms with Crippen molar-refractivity contribution in [1.29, 1.82) is 0 Å². The molecular formula is C6H10N4O2S. The lowest BCUT2D eigenvalue weighted by Crippen LogP contribution is -2.22. The fourth-order valence-corrected chi connectivity index (χ4v) is 1.67. The first-order valence-electron chi connectivity index (χ1n) is 3.47. The predicted molar refractivity (Wildman–Crippen MR) is 48.3 cm³/mol. The highest BCUT2D eigenvalue weighted by Gasteiger charge is 2.15. The quantitative estimate of drug-likeness (QED) is 0.443. The van der Waals surface area contributed by atoms with Crippen molar-refractivity contribution >= 4 is 15.8 Å². The highest BCUT2D eigenvalue weighted by molar-refractivity contribution is 7.89. The molecule has 0 spiro atoms. The molecule has 7 heteroatoms. The van der Waals surface area contributed by atoms with E-state index in [-0.39, 0.29) is 10.7 Å². The number of sulfonamides is 1. The van der Waals surface area contributed by atoms with E-state index in [9.17, 15) is 8.42 Å². The van der Waals surface area contributed by atoms with Gasteiger partial charge in [-0.25, -0.2) is 24.0 Å². The number of nitrogens with two attached hydrogens (primary N) is 1. The molecule has 1 heterocycles. The maximum atomic E-state index is 11.3. The Balaban J connectivity index is 3.29. The molecule has 0 aliphatic carbocycles. The van der Waals surface area contributed by atoms with E-state index in [0.717, 1.165) is 0 Å². The van der Waals surface area contributed by atoms with Gasteiger partial charge in [0.1, 0.15) is 4.90 Å². The molecule has 13 heavy (non-hydrogen) atoms. The van der Waals surface area contributed by atoms with E-state index in [2.05, 4.69) is 15.1 Å². The second-order valence-electron chi connectivity index (χ2n) is 2.20. The largest absolute Gasteiger partial charge is 0.307 e. The van der Waals surface area contributed by atoms with Crippen molar-refractivity contribution in [2.24, 2.45) is 5.84 Å². The molecule has 0 aromatic carbocycles. The summed E-state index contributed by atoms with van der Waals surface area (Å²) in [4.78, 5) is 3.78. The smallest absolute Gasteiger partial charge is 0.244 e. The molecule has 0 fully saturated rings. The van der Waals surface area contributed by atoms with Crippen LogP contribution in [0, 0.1) is 0 Å². The highest BCUT2D eigenvalue weighted by atomic mass is 32.2. The van der Waals surface area contributed by atoms with Gasteiger partial charge in [0.05, 0.1) is 0 Å². The number of rotatable bonds is 3. The third kappa shape index (κ3) is 1.94. The summed E-state index contributed by atoms with van der Waals surface area (Å²) >= 11 is 0. The van der Waals surface area contributed by atoms with E-state index in [1.807, 2.05) is 0 Å². The fraction of sp³-hybridized carbons (Fsp3) is 0.167. The number of anilines is 1. The van der Waals surface area contributed by atoms with Crippen LogP contribution in [0.1, 0.15) is 0 Å². The standard InChI is InChI=1S/C6H10N4O2S/c1-8-13(11,12)5-3-2-4-9-6(5)10-7/h2-4,8H,7H2,1H3,(H,9,10). The Labute approximate surface area is 76.2 Å². The van der Waals surface area contributed by atoms with Gasteiger partial charge in [0.15, 0.2) is 5.82 Å². The molecule has 0 amide bonds. The van der Waals surface area contributed by atoms with Crippen molar-refractivity contribution in [2.45, 2.75) is 4.90 Å². The van der Waals surface area contributed by atoms with Crippen molar-refractivity contribution in [3.8, 4) is 0 Å². The van der Waals surface area contributed by atoms with Gasteiger partial charge in [-0.05, 0) is 19.2 Å². The van der Waals surface area contributed by atoms with E-state index in [0.29, 0.717) is 0 Å². The minimum Gasteiger partial charge on any atom is -0.307 e. The molecule has 0 radical (unpaired) electrons. The van der Waals surface area contributed by atoms with Crippen LogP contribution in [-0.4, -0.2) is 20.4 Å². The van der Waals surface area contributed by atoms with Crippen molar-refractivity contribution in [2.75, 3.05) is 12.5 Å². The minimum absolute atomic E-state index is 0.0278. The van der Waals surface area contributed by atoms with Crippen LogP contribution in [0.4, 0.5) is 5.82 Å². The minimum atomic E-state index is -3.50. The van der Waals surface area contributed by atoms with Gasteiger partial charge >= 0.3 is 0 Å². The monoisotopic (exact) mass is 202 g/mol. The van der Waals surface area contributed by atoms with E-state index in [1.54, 1.807) is 0 Å². The lowest BCUT2D eigenvalue weighted by Gasteiger charge is -2.06. The summed E-state index contributed by atoms with van der Waals surface area (Å²) in [6.07, 6.45) is 1.45. The number of hydrazine groups is 1. The van der Waals surface area contributed by atoms with E-state index < -0.39 is 10.0 Å². The molecule has 0 unspecified atom stereocenters. The Kier molecular flexibility index (Phi) is 2.81. The van der Waals surface area contributed by atoms with Crippen LogP contribution in [0.5, 0.6) is 0 Å². The van der Waals surface area contributed by atoms with Gasteiger partial charge in [-0.3, -0.25) is 0 Å². The number of aromatic nitrogens is 1. The number of nitrogens with zero attached hydrogens (tertiary/aromatic N) is 1. The van der Waals surface area contributed by atoms with Crippen LogP contribution in [0.25, 0.3) is 0 Å². The third-order valence-electron chi connectivity index (χ3n) is 1.47. The van der Waals surface area contributed by atoms with Gasteiger partial charge in [-0.2, -0.15) is 0 Å². The Morgan fingerprint density at radius 2 is 2.23 bits per heavy atom. The zero-order valence-corrected chi connectivity index (χ0v) is 7.80. The van der Waals surface area contributed by atoms with Crippen molar-refractivity contribution < 1.29 is 8.42 Å². The lowest BCUT2D eigenvalue weighted by molar-refractivity contribution is 0.588. The van der Waals surface area contributed by atoms with E-state index in [1.165, 1.54) is 25.4 Å². The van der Waals surface area contributed by atoms with Gasteiger partial charge in [-0.1, -0.05) is 0 Å². The van der Waals surface area contributed by atoms with Crippen LogP contribution >= 0.6 is 0 Å². The zero-order valence-electron chi connectivity index (χ0n) is 6.98. The first-order valence-corrected chi connectivity index (χ1v) is 4.95. The topological polar surface area (TPSA) is 97.1 Å². The third-order valence-corrected chi connectivity index (χ3v) is 2.91. The number of nitrogen functional groups attached to an aromatic ring is 1. The summed E-state index contributed by atoms with van der Waals surface area (Å²) in [6, 6.07) is 2.93. The Morgan fingerprint density at radius 1 is 1.54 bits per heavy atom. The summed E-state index contributed by atoms with van der Waals surface area (Å²) in [5.74, 6) is 5.22. The maximum Gasteiger partial charge on any atom is 0.244 e. The number of pyridine rings is 1. The van der Waals surface area contributed by atoms with E-state index in [4.69, 9.17) is 5.84 Å². The normalized spacial score (nSPS) is 11.2. The molecule has 6 nitrogen and oxygen atoms in total. The molecule has 0 aliphatic rings. The van der Waals surface area contributed by atoms with Crippen LogP contribution < -0.4 is 16.0 Å². The molecule has 4 N–H and O–H groups in total. The van der Waals surface area contributed by atoms with Crippen LogP contribution in [-0.2, 0) is 10.0 Å². The molecule has 0 atom stereocenters. The summed E-state index contributed by atoms with van der Waals surface area (Å²) in [7, 11) is -2.17. The molecule has 0 aliphatic heterocycles. The molecule has 0 saturated heterocycles. The second-order valence-corrected chi connectivity index (χ2v) is 4.06. The summed E-state index contributed by atoms with van der Waals surface area (Å²) in [6.45, 7) is 0. The molecule has 0 bridgehead atoms. The van der Waals surface area contributed by atoms with Crippen LogP contribution in [0.15, 0.2) is 23.2 Å². The van der Waals surface area contributed by atoms with Crippen molar-refractivity contribution in [3.63, 3.8) is 0 Å². The van der Waals surface area contributed by atoms with Crippen molar-refractivity contribution in [1.82, 2.24) is 9.71 Å². The second kappa shape index (κ2) is 3.69. The van der Waals surface area contributed by atoms with Crippen LogP contribution in [0.2, 0.25) is 0 Å². The van der Waals surface area contributed by atoms with Gasteiger partial charge < -0.3 is 5.43 Å². The Hall–Kier alpha value is -1.18. The average molecular weight is 202 g/mol.